The minimum Gasteiger partial charge on any atom is -0.343 e. The number of halogens is 1. The lowest BCUT2D eigenvalue weighted by molar-refractivity contribution is 0.0898. The van der Waals surface area contributed by atoms with E-state index in [1.807, 2.05) is 12.1 Å². The number of hydrogen-bond acceptors (Lipinski definition) is 3. The summed E-state index contributed by atoms with van der Waals surface area (Å²) >= 11 is 3.60. The summed E-state index contributed by atoms with van der Waals surface area (Å²) in [5.74, 6) is -0.186. The highest BCUT2D eigenvalue weighted by atomic mass is 79.9. The molecule has 1 aliphatic rings. The quantitative estimate of drug-likeness (QED) is 0.907. The van der Waals surface area contributed by atoms with Gasteiger partial charge in [-0.15, -0.1) is 5.10 Å². The number of hydrogen-bond donors (Lipinski definition) is 1. The molecule has 0 fully saturated rings. The molecule has 1 heterocycles. The smallest absolute Gasteiger partial charge is 0.273 e. The summed E-state index contributed by atoms with van der Waals surface area (Å²) in [6.07, 6.45) is 2.55. The zero-order chi connectivity index (χ0) is 15.2. The van der Waals surface area contributed by atoms with Crippen molar-refractivity contribution in [3.05, 3.63) is 45.7 Å². The lowest BCUT2D eigenvalue weighted by Crippen LogP contribution is -2.35. The Hall–Kier alpha value is -1.69. The molecule has 0 spiro atoms. The number of aryl methyl sites for hydroxylation is 1. The normalized spacial score (nSPS) is 19.3. The van der Waals surface area contributed by atoms with Gasteiger partial charge < -0.3 is 5.32 Å². The van der Waals surface area contributed by atoms with Crippen LogP contribution in [-0.2, 0) is 13.5 Å². The van der Waals surface area contributed by atoms with Gasteiger partial charge in [0.15, 0.2) is 5.69 Å². The Kier molecular flexibility index (Phi) is 3.36. The van der Waals surface area contributed by atoms with E-state index in [-0.39, 0.29) is 17.4 Å². The second-order valence-corrected chi connectivity index (χ2v) is 7.01. The average Bonchev–Trinajstić information content (AvgIpc) is 2.94. The van der Waals surface area contributed by atoms with Crippen LogP contribution in [0.1, 0.15) is 41.5 Å². The molecule has 1 N–H and O–H groups in total. The average molecular weight is 349 g/mol. The van der Waals surface area contributed by atoms with E-state index >= 15 is 0 Å². The summed E-state index contributed by atoms with van der Waals surface area (Å²) in [7, 11) is 1.75. The number of carbonyl (C=O) groups is 1. The standard InChI is InChI=1S/C15H17BrN4O/c1-15(2)7-10-9(5-4-6-11(10)16)13(15)17-14(21)12-8-20(3)19-18-12/h4-6,8,13H,7H2,1-3H3,(H,17,21). The first-order valence-electron chi connectivity index (χ1n) is 6.83. The van der Waals surface area contributed by atoms with Gasteiger partial charge in [0.25, 0.3) is 5.91 Å². The first-order chi connectivity index (χ1) is 9.88. The van der Waals surface area contributed by atoms with Gasteiger partial charge in [0.1, 0.15) is 0 Å². The lowest BCUT2D eigenvalue weighted by Gasteiger charge is -2.28. The molecule has 3 rings (SSSR count). The molecular formula is C15H17BrN4O. The van der Waals surface area contributed by atoms with Crippen LogP contribution in [0.25, 0.3) is 0 Å². The van der Waals surface area contributed by atoms with Crippen LogP contribution in [0.2, 0.25) is 0 Å². The van der Waals surface area contributed by atoms with Gasteiger partial charge in [-0.25, -0.2) is 0 Å². The van der Waals surface area contributed by atoms with Gasteiger partial charge in [0, 0.05) is 11.5 Å². The van der Waals surface area contributed by atoms with Crippen molar-refractivity contribution in [1.29, 1.82) is 0 Å². The topological polar surface area (TPSA) is 59.8 Å². The first kappa shape index (κ1) is 14.3. The van der Waals surface area contributed by atoms with Gasteiger partial charge in [0.05, 0.1) is 12.2 Å². The Balaban J connectivity index is 1.91. The summed E-state index contributed by atoms with van der Waals surface area (Å²) in [6.45, 7) is 4.34. The Morgan fingerprint density at radius 2 is 2.24 bits per heavy atom. The van der Waals surface area contributed by atoms with Crippen molar-refractivity contribution in [2.45, 2.75) is 26.3 Å². The van der Waals surface area contributed by atoms with E-state index in [9.17, 15) is 4.79 Å². The molecule has 21 heavy (non-hydrogen) atoms. The maximum absolute atomic E-state index is 12.4. The van der Waals surface area contributed by atoms with Crippen molar-refractivity contribution < 1.29 is 4.79 Å². The molecule has 1 aromatic carbocycles. The third-order valence-corrected chi connectivity index (χ3v) is 4.73. The highest BCUT2D eigenvalue weighted by Crippen LogP contribution is 2.47. The summed E-state index contributed by atoms with van der Waals surface area (Å²) in [5, 5.41) is 10.8. The highest BCUT2D eigenvalue weighted by Gasteiger charge is 2.40. The predicted octanol–water partition coefficient (Wildman–Crippen LogP) is 2.63. The van der Waals surface area contributed by atoms with Crippen molar-refractivity contribution in [3.8, 4) is 0 Å². The third-order valence-electron chi connectivity index (χ3n) is 3.99. The number of carbonyl (C=O) groups excluding carboxylic acids is 1. The molecule has 1 amide bonds. The second kappa shape index (κ2) is 4.94. The zero-order valence-corrected chi connectivity index (χ0v) is 13.8. The Bertz CT molecular complexity index is 707. The van der Waals surface area contributed by atoms with Gasteiger partial charge in [0.2, 0.25) is 0 Å². The number of benzene rings is 1. The maximum Gasteiger partial charge on any atom is 0.273 e. The summed E-state index contributed by atoms with van der Waals surface area (Å²) in [5.41, 5.74) is 2.75. The number of aromatic nitrogens is 3. The van der Waals surface area contributed by atoms with E-state index < -0.39 is 0 Å². The van der Waals surface area contributed by atoms with Crippen LogP contribution in [0.4, 0.5) is 0 Å². The fourth-order valence-electron chi connectivity index (χ4n) is 2.94. The molecule has 110 valence electrons. The van der Waals surface area contributed by atoms with Gasteiger partial charge in [-0.2, -0.15) is 0 Å². The molecule has 1 atom stereocenters. The highest BCUT2D eigenvalue weighted by molar-refractivity contribution is 9.10. The number of nitrogens with one attached hydrogen (secondary N) is 1. The van der Waals surface area contributed by atoms with Crippen LogP contribution < -0.4 is 5.32 Å². The Morgan fingerprint density at radius 3 is 2.90 bits per heavy atom. The number of rotatable bonds is 2. The molecule has 1 unspecified atom stereocenters. The summed E-state index contributed by atoms with van der Waals surface area (Å²) in [6, 6.07) is 6.10. The van der Waals surface area contributed by atoms with Crippen LogP contribution >= 0.6 is 15.9 Å². The van der Waals surface area contributed by atoms with E-state index in [0.717, 1.165) is 10.9 Å². The van der Waals surface area contributed by atoms with Crippen molar-refractivity contribution in [3.63, 3.8) is 0 Å². The van der Waals surface area contributed by atoms with Crippen molar-refractivity contribution in [2.75, 3.05) is 0 Å². The molecule has 2 aromatic rings. The molecule has 0 bridgehead atoms. The van der Waals surface area contributed by atoms with E-state index in [1.165, 1.54) is 15.8 Å². The molecule has 0 aliphatic heterocycles. The Morgan fingerprint density at radius 1 is 1.48 bits per heavy atom. The van der Waals surface area contributed by atoms with E-state index in [1.54, 1.807) is 13.2 Å². The molecule has 1 aromatic heterocycles. The fraction of sp³-hybridized carbons (Fsp3) is 0.400. The predicted molar refractivity (Wildman–Crippen MR) is 82.8 cm³/mol. The van der Waals surface area contributed by atoms with Crippen LogP contribution in [0.15, 0.2) is 28.9 Å². The van der Waals surface area contributed by atoms with E-state index in [0.29, 0.717) is 5.69 Å². The van der Waals surface area contributed by atoms with Crippen LogP contribution in [-0.4, -0.2) is 20.9 Å². The maximum atomic E-state index is 12.4. The van der Waals surface area contributed by atoms with E-state index in [4.69, 9.17) is 0 Å². The minimum absolute atomic E-state index is 0.0282. The second-order valence-electron chi connectivity index (χ2n) is 6.16. The molecule has 0 radical (unpaired) electrons. The van der Waals surface area contributed by atoms with Gasteiger partial charge in [-0.1, -0.05) is 47.1 Å². The summed E-state index contributed by atoms with van der Waals surface area (Å²) < 4.78 is 2.63. The number of nitrogens with zero attached hydrogens (tertiary/aromatic N) is 3. The summed E-state index contributed by atoms with van der Waals surface area (Å²) in [4.78, 5) is 12.4. The molecule has 0 saturated heterocycles. The largest absolute Gasteiger partial charge is 0.343 e. The first-order valence-corrected chi connectivity index (χ1v) is 7.62. The number of amides is 1. The van der Waals surface area contributed by atoms with Crippen LogP contribution in [0.3, 0.4) is 0 Å². The minimum atomic E-state index is -0.186. The lowest BCUT2D eigenvalue weighted by atomic mass is 9.85. The molecule has 1 aliphatic carbocycles. The van der Waals surface area contributed by atoms with Crippen LogP contribution in [0.5, 0.6) is 0 Å². The molecule has 5 nitrogen and oxygen atoms in total. The van der Waals surface area contributed by atoms with Crippen molar-refractivity contribution in [1.82, 2.24) is 20.3 Å². The Labute approximate surface area is 131 Å². The molecule has 0 saturated carbocycles. The van der Waals surface area contributed by atoms with Gasteiger partial charge >= 0.3 is 0 Å². The van der Waals surface area contributed by atoms with Gasteiger partial charge in [-0.3, -0.25) is 9.48 Å². The third kappa shape index (κ3) is 2.48. The van der Waals surface area contributed by atoms with Crippen molar-refractivity contribution >= 4 is 21.8 Å². The zero-order valence-electron chi connectivity index (χ0n) is 12.2. The van der Waals surface area contributed by atoms with Crippen molar-refractivity contribution in [2.24, 2.45) is 12.5 Å². The van der Waals surface area contributed by atoms with E-state index in [2.05, 4.69) is 51.5 Å². The number of fused-ring (bicyclic) bond motifs is 1. The van der Waals surface area contributed by atoms with Crippen LogP contribution in [0, 0.1) is 5.41 Å². The molecular weight excluding hydrogens is 332 g/mol. The fourth-order valence-corrected chi connectivity index (χ4v) is 3.46. The SMILES string of the molecule is Cn1cc(C(=O)NC2c3cccc(Br)c3CC2(C)C)nn1. The monoisotopic (exact) mass is 348 g/mol. The van der Waals surface area contributed by atoms with Gasteiger partial charge in [-0.05, 0) is 29.0 Å². The molecule has 6 heteroatoms.